The molecule has 0 bridgehead atoms. The van der Waals surface area contributed by atoms with Crippen molar-refractivity contribution in [2.75, 3.05) is 6.54 Å². The highest BCUT2D eigenvalue weighted by Crippen LogP contribution is 2.27. The van der Waals surface area contributed by atoms with Crippen molar-refractivity contribution < 1.29 is 0 Å². The number of aromatic nitrogens is 2. The smallest absolute Gasteiger partial charge is 0.123 e. The van der Waals surface area contributed by atoms with Crippen LogP contribution in [0.2, 0.25) is 5.02 Å². The normalized spacial score (nSPS) is 18.4. The molecule has 0 spiro atoms. The molecule has 0 saturated carbocycles. The van der Waals surface area contributed by atoms with E-state index in [4.69, 9.17) is 16.9 Å². The van der Waals surface area contributed by atoms with Crippen LogP contribution in [0.15, 0.2) is 24.4 Å². The van der Waals surface area contributed by atoms with Crippen LogP contribution in [0.3, 0.4) is 0 Å². The number of imidazole rings is 1. The van der Waals surface area contributed by atoms with E-state index in [0.717, 1.165) is 30.0 Å². The molecule has 0 amide bonds. The first-order valence-corrected chi connectivity index (χ1v) is 6.64. The van der Waals surface area contributed by atoms with Crippen LogP contribution in [-0.2, 0) is 0 Å². The number of hydrogen-bond donors (Lipinski definition) is 2. The van der Waals surface area contributed by atoms with Crippen LogP contribution in [0.5, 0.6) is 0 Å². The summed E-state index contributed by atoms with van der Waals surface area (Å²) >= 11 is 5.90. The molecule has 3 rings (SSSR count). The maximum Gasteiger partial charge on any atom is 0.123 e. The second-order valence-electron chi connectivity index (χ2n) is 4.63. The lowest BCUT2D eigenvalue weighted by atomic mass is 10.1. The van der Waals surface area contributed by atoms with Crippen LogP contribution < -0.4 is 5.32 Å². The Kier molecular flexibility index (Phi) is 3.24. The minimum absolute atomic E-state index is 0.298. The van der Waals surface area contributed by atoms with Gasteiger partial charge in [-0.1, -0.05) is 17.7 Å². The van der Waals surface area contributed by atoms with Crippen LogP contribution in [0.4, 0.5) is 0 Å². The van der Waals surface area contributed by atoms with Crippen molar-refractivity contribution in [3.8, 4) is 17.3 Å². The van der Waals surface area contributed by atoms with Gasteiger partial charge >= 0.3 is 0 Å². The van der Waals surface area contributed by atoms with Crippen LogP contribution >= 0.6 is 11.6 Å². The van der Waals surface area contributed by atoms with Gasteiger partial charge in [-0.05, 0) is 31.5 Å². The monoisotopic (exact) mass is 272 g/mol. The highest BCUT2D eigenvalue weighted by molar-refractivity contribution is 6.30. The molecule has 1 saturated heterocycles. The highest BCUT2D eigenvalue weighted by atomic mass is 35.5. The molecule has 96 valence electrons. The van der Waals surface area contributed by atoms with E-state index in [1.807, 2.05) is 6.07 Å². The quantitative estimate of drug-likeness (QED) is 0.883. The SMILES string of the molecule is N#Cc1cc(Cl)ccc1-c1cnc(C2CCCN2)[nH]1. The Morgan fingerprint density at radius 1 is 1.42 bits per heavy atom. The van der Waals surface area contributed by atoms with E-state index >= 15 is 0 Å². The molecule has 1 fully saturated rings. The summed E-state index contributed by atoms with van der Waals surface area (Å²) in [4.78, 5) is 7.71. The summed E-state index contributed by atoms with van der Waals surface area (Å²) in [7, 11) is 0. The molecule has 0 radical (unpaired) electrons. The summed E-state index contributed by atoms with van der Waals surface area (Å²) in [5.41, 5.74) is 2.25. The number of rotatable bonds is 2. The number of nitrogens with zero attached hydrogens (tertiary/aromatic N) is 2. The van der Waals surface area contributed by atoms with Gasteiger partial charge < -0.3 is 10.3 Å². The fourth-order valence-electron chi connectivity index (χ4n) is 2.41. The predicted molar refractivity (Wildman–Crippen MR) is 73.7 cm³/mol. The molecule has 19 heavy (non-hydrogen) atoms. The summed E-state index contributed by atoms with van der Waals surface area (Å²) in [6, 6.07) is 7.77. The Hall–Kier alpha value is -1.83. The van der Waals surface area contributed by atoms with Gasteiger partial charge in [0.05, 0.1) is 29.6 Å². The topological polar surface area (TPSA) is 64.5 Å². The van der Waals surface area contributed by atoms with E-state index < -0.39 is 0 Å². The molecule has 2 aromatic rings. The Morgan fingerprint density at radius 2 is 2.32 bits per heavy atom. The number of aromatic amines is 1. The third-order valence-electron chi connectivity index (χ3n) is 3.38. The molecule has 1 atom stereocenters. The van der Waals surface area contributed by atoms with Gasteiger partial charge in [0.2, 0.25) is 0 Å². The molecule has 1 aliphatic rings. The average Bonchev–Trinajstić information content (AvgIpc) is 3.09. The van der Waals surface area contributed by atoms with Crippen LogP contribution in [0.1, 0.15) is 30.3 Å². The van der Waals surface area contributed by atoms with Crippen LogP contribution in [0.25, 0.3) is 11.3 Å². The summed E-state index contributed by atoms with van der Waals surface area (Å²) in [5.74, 6) is 0.936. The molecule has 1 unspecified atom stereocenters. The Labute approximate surface area is 116 Å². The standard InChI is InChI=1S/C14H13ClN4/c15-10-3-4-11(9(6-10)7-16)13-8-18-14(19-13)12-2-1-5-17-12/h3-4,6,8,12,17H,1-2,5H2,(H,18,19). The Balaban J connectivity index is 1.96. The van der Waals surface area contributed by atoms with Gasteiger partial charge in [0.25, 0.3) is 0 Å². The molecule has 1 aliphatic heterocycles. The van der Waals surface area contributed by atoms with Crippen LogP contribution in [-0.4, -0.2) is 16.5 Å². The minimum Gasteiger partial charge on any atom is -0.341 e. The fraction of sp³-hybridized carbons (Fsp3) is 0.286. The number of benzene rings is 1. The molecule has 5 heteroatoms. The lowest BCUT2D eigenvalue weighted by molar-refractivity contribution is 0.613. The Bertz CT molecular complexity index is 635. The zero-order valence-electron chi connectivity index (χ0n) is 10.3. The Morgan fingerprint density at radius 3 is 3.05 bits per heavy atom. The minimum atomic E-state index is 0.298. The molecule has 2 N–H and O–H groups in total. The van der Waals surface area contributed by atoms with Gasteiger partial charge in [0.15, 0.2) is 0 Å². The molecule has 1 aromatic heterocycles. The van der Waals surface area contributed by atoms with Crippen molar-refractivity contribution in [2.45, 2.75) is 18.9 Å². The van der Waals surface area contributed by atoms with Gasteiger partial charge in [-0.25, -0.2) is 4.98 Å². The lowest BCUT2D eigenvalue weighted by Crippen LogP contribution is -2.14. The highest BCUT2D eigenvalue weighted by Gasteiger charge is 2.19. The molecular formula is C14H13ClN4. The number of halogens is 1. The first kappa shape index (κ1) is 12.2. The van der Waals surface area contributed by atoms with Gasteiger partial charge in [0.1, 0.15) is 5.82 Å². The lowest BCUT2D eigenvalue weighted by Gasteiger charge is -2.06. The zero-order valence-corrected chi connectivity index (χ0v) is 11.0. The first-order valence-electron chi connectivity index (χ1n) is 6.26. The number of nitriles is 1. The maximum atomic E-state index is 9.17. The molecule has 0 aliphatic carbocycles. The molecular weight excluding hydrogens is 260 g/mol. The van der Waals surface area contributed by atoms with Crippen LogP contribution in [0, 0.1) is 11.3 Å². The number of H-pyrrole nitrogens is 1. The maximum absolute atomic E-state index is 9.17. The van der Waals surface area contributed by atoms with Gasteiger partial charge in [-0.2, -0.15) is 5.26 Å². The second kappa shape index (κ2) is 5.04. The van der Waals surface area contributed by atoms with E-state index in [-0.39, 0.29) is 0 Å². The van der Waals surface area contributed by atoms with Gasteiger partial charge in [-0.3, -0.25) is 0 Å². The first-order chi connectivity index (χ1) is 9.28. The third-order valence-corrected chi connectivity index (χ3v) is 3.61. The summed E-state index contributed by atoms with van der Waals surface area (Å²) in [5, 5.41) is 13.1. The number of nitrogens with one attached hydrogen (secondary N) is 2. The van der Waals surface area contributed by atoms with E-state index in [9.17, 15) is 0 Å². The van der Waals surface area contributed by atoms with E-state index in [0.29, 0.717) is 16.6 Å². The van der Waals surface area contributed by atoms with Crippen molar-refractivity contribution in [3.05, 3.63) is 40.8 Å². The average molecular weight is 273 g/mol. The van der Waals surface area contributed by atoms with Crippen molar-refractivity contribution in [1.29, 1.82) is 5.26 Å². The largest absolute Gasteiger partial charge is 0.341 e. The zero-order chi connectivity index (χ0) is 13.2. The van der Waals surface area contributed by atoms with Gasteiger partial charge in [0, 0.05) is 10.6 Å². The predicted octanol–water partition coefficient (Wildman–Crippen LogP) is 3.03. The summed E-state index contributed by atoms with van der Waals surface area (Å²) < 4.78 is 0. The van der Waals surface area contributed by atoms with E-state index in [2.05, 4.69) is 21.4 Å². The number of hydrogen-bond acceptors (Lipinski definition) is 3. The molecule has 1 aromatic carbocycles. The second-order valence-corrected chi connectivity index (χ2v) is 5.07. The van der Waals surface area contributed by atoms with E-state index in [1.54, 1.807) is 18.3 Å². The fourth-order valence-corrected chi connectivity index (χ4v) is 2.58. The third kappa shape index (κ3) is 2.35. The molecule has 2 heterocycles. The van der Waals surface area contributed by atoms with Crippen molar-refractivity contribution in [2.24, 2.45) is 0 Å². The van der Waals surface area contributed by atoms with Crippen molar-refractivity contribution >= 4 is 11.6 Å². The summed E-state index contributed by atoms with van der Waals surface area (Å²) in [6.07, 6.45) is 4.04. The van der Waals surface area contributed by atoms with E-state index in [1.165, 1.54) is 6.42 Å². The van der Waals surface area contributed by atoms with Crippen molar-refractivity contribution in [3.63, 3.8) is 0 Å². The van der Waals surface area contributed by atoms with Crippen molar-refractivity contribution in [1.82, 2.24) is 15.3 Å². The van der Waals surface area contributed by atoms with Gasteiger partial charge in [-0.15, -0.1) is 0 Å². The summed E-state index contributed by atoms with van der Waals surface area (Å²) in [6.45, 7) is 1.03. The molecule has 4 nitrogen and oxygen atoms in total.